The smallest absolute Gasteiger partial charge is 0.210 e. The van der Waals surface area contributed by atoms with Gasteiger partial charge in [0.05, 0.1) is 9.79 Å². The fourth-order valence-corrected chi connectivity index (χ4v) is 11.0. The van der Waals surface area contributed by atoms with Gasteiger partial charge in [0.1, 0.15) is 0 Å². The van der Waals surface area contributed by atoms with E-state index < -0.39 is 9.84 Å². The zero-order valence-electron chi connectivity index (χ0n) is 16.3. The predicted octanol–water partition coefficient (Wildman–Crippen LogP) is 10.3. The number of hydrogen-bond donors (Lipinski definition) is 0. The highest BCUT2D eigenvalue weighted by atomic mass is 79.9. The Morgan fingerprint density at radius 3 is 1.36 bits per heavy atom. The Hall–Kier alpha value is -0.810. The molecule has 0 aliphatic heterocycles. The number of rotatable bonds is 2. The molecule has 0 saturated heterocycles. The van der Waals surface area contributed by atoms with E-state index in [2.05, 4.69) is 63.7 Å². The van der Waals surface area contributed by atoms with Gasteiger partial charge in [0.2, 0.25) is 9.84 Å². The normalized spacial score (nSPS) is 12.5. The van der Waals surface area contributed by atoms with Crippen LogP contribution in [0.4, 0.5) is 0 Å². The Morgan fingerprint density at radius 1 is 0.545 bits per heavy atom. The van der Waals surface area contributed by atoms with Gasteiger partial charge in [-0.3, -0.25) is 0 Å². The highest BCUT2D eigenvalue weighted by Crippen LogP contribution is 2.48. The first-order valence-corrected chi connectivity index (χ1v) is 15.9. The average molecular weight is 746 g/mol. The summed E-state index contributed by atoms with van der Waals surface area (Å²) < 4.78 is 35.9. The topological polar surface area (TPSA) is 34.1 Å². The zero-order valence-corrected chi connectivity index (χ0v) is 25.1. The van der Waals surface area contributed by atoms with Crippen LogP contribution in [0.2, 0.25) is 0 Å². The van der Waals surface area contributed by atoms with Crippen molar-refractivity contribution in [2.24, 2.45) is 0 Å². The molecule has 0 N–H and O–H groups in total. The van der Waals surface area contributed by atoms with Crippen LogP contribution < -0.4 is 0 Å². The molecule has 2 aromatic heterocycles. The molecular weight excluding hydrogens is 736 g/mol. The Labute approximate surface area is 231 Å². The Kier molecular flexibility index (Phi) is 5.57. The predicted molar refractivity (Wildman–Crippen MR) is 155 cm³/mol. The maximum Gasteiger partial charge on any atom is 0.210 e. The first-order chi connectivity index (χ1) is 15.8. The van der Waals surface area contributed by atoms with Gasteiger partial charge in [-0.1, -0.05) is 31.9 Å². The summed E-state index contributed by atoms with van der Waals surface area (Å²) in [6.07, 6.45) is 0. The molecule has 0 aliphatic rings. The number of benzene rings is 4. The standard InChI is InChI=1S/C24H10Br4O2S3/c25-11-1-5-17-13(9-11)21-19(31-17)7-3-15(27)23(21)33(29,30)24-16(28)4-8-20-22(24)14-10-12(26)2-6-18(14)32-20/h1-10H. The third-order valence-electron chi connectivity index (χ3n) is 5.54. The molecule has 6 rings (SSSR count). The van der Waals surface area contributed by atoms with E-state index in [1.54, 1.807) is 22.7 Å². The SMILES string of the molecule is O=S(=O)(c1c(Br)ccc2sc3ccc(Br)cc3c12)c1c(Br)ccc2sc3ccc(Br)cc3c12. The van der Waals surface area contributed by atoms with Crippen LogP contribution in [0.25, 0.3) is 40.3 Å². The lowest BCUT2D eigenvalue weighted by Gasteiger charge is -2.13. The van der Waals surface area contributed by atoms with E-state index in [0.717, 1.165) is 49.3 Å². The van der Waals surface area contributed by atoms with Crippen LogP contribution >= 0.6 is 86.4 Å². The van der Waals surface area contributed by atoms with E-state index in [0.29, 0.717) is 18.7 Å². The van der Waals surface area contributed by atoms with Crippen molar-refractivity contribution in [1.29, 1.82) is 0 Å². The molecule has 0 bridgehead atoms. The van der Waals surface area contributed by atoms with Gasteiger partial charge in [-0.05, 0) is 92.5 Å². The lowest BCUT2D eigenvalue weighted by molar-refractivity contribution is 0.597. The van der Waals surface area contributed by atoms with Gasteiger partial charge in [-0.2, -0.15) is 0 Å². The molecule has 9 heteroatoms. The largest absolute Gasteiger partial charge is 0.218 e. The fraction of sp³-hybridized carbons (Fsp3) is 0. The zero-order chi connectivity index (χ0) is 23.1. The summed E-state index contributed by atoms with van der Waals surface area (Å²) in [5, 5.41) is 3.33. The van der Waals surface area contributed by atoms with Crippen molar-refractivity contribution in [3.8, 4) is 0 Å². The highest BCUT2D eigenvalue weighted by molar-refractivity contribution is 9.11. The second-order valence-electron chi connectivity index (χ2n) is 7.49. The van der Waals surface area contributed by atoms with Crippen LogP contribution in [0.3, 0.4) is 0 Å². The van der Waals surface area contributed by atoms with Crippen molar-refractivity contribution in [3.63, 3.8) is 0 Å². The lowest BCUT2D eigenvalue weighted by atomic mass is 10.1. The van der Waals surface area contributed by atoms with Crippen LogP contribution in [0.1, 0.15) is 0 Å². The number of sulfone groups is 1. The summed E-state index contributed by atoms with van der Waals surface area (Å²) in [6.45, 7) is 0. The van der Waals surface area contributed by atoms with Crippen molar-refractivity contribution in [2.75, 3.05) is 0 Å². The summed E-state index contributed by atoms with van der Waals surface area (Å²) in [5.74, 6) is 0. The van der Waals surface area contributed by atoms with Gasteiger partial charge in [0.25, 0.3) is 0 Å². The van der Waals surface area contributed by atoms with Gasteiger partial charge < -0.3 is 0 Å². The number of thiophene rings is 2. The van der Waals surface area contributed by atoms with Crippen LogP contribution in [-0.2, 0) is 9.84 Å². The summed E-state index contributed by atoms with van der Waals surface area (Å²) in [7, 11) is -3.91. The summed E-state index contributed by atoms with van der Waals surface area (Å²) >= 11 is 17.4. The maximum absolute atomic E-state index is 14.5. The van der Waals surface area contributed by atoms with E-state index >= 15 is 0 Å². The molecule has 6 aromatic rings. The molecule has 4 aromatic carbocycles. The Bertz CT molecular complexity index is 1750. The first kappa shape index (κ1) is 22.6. The molecule has 2 nitrogen and oxygen atoms in total. The molecule has 33 heavy (non-hydrogen) atoms. The molecule has 0 aliphatic carbocycles. The third kappa shape index (κ3) is 3.50. The van der Waals surface area contributed by atoms with Crippen LogP contribution in [0.5, 0.6) is 0 Å². The Morgan fingerprint density at radius 2 is 0.939 bits per heavy atom. The van der Waals surface area contributed by atoms with Crippen LogP contribution in [-0.4, -0.2) is 8.42 Å². The minimum atomic E-state index is -3.91. The third-order valence-corrected chi connectivity index (χ3v) is 12.6. The molecule has 0 saturated carbocycles. The molecule has 0 amide bonds. The minimum Gasteiger partial charge on any atom is -0.218 e. The molecule has 164 valence electrons. The van der Waals surface area contributed by atoms with Gasteiger partial charge >= 0.3 is 0 Å². The Balaban J connectivity index is 1.80. The van der Waals surface area contributed by atoms with Crippen molar-refractivity contribution >= 4 is 137 Å². The monoisotopic (exact) mass is 742 g/mol. The molecule has 0 spiro atoms. The molecule has 0 unspecified atom stereocenters. The first-order valence-electron chi connectivity index (χ1n) is 9.61. The van der Waals surface area contributed by atoms with E-state index in [1.807, 2.05) is 60.7 Å². The number of hydrogen-bond acceptors (Lipinski definition) is 4. The van der Waals surface area contributed by atoms with E-state index in [1.165, 1.54) is 0 Å². The van der Waals surface area contributed by atoms with Crippen molar-refractivity contribution in [3.05, 3.63) is 78.6 Å². The van der Waals surface area contributed by atoms with Gasteiger partial charge in [0.15, 0.2) is 0 Å². The molecule has 0 radical (unpaired) electrons. The highest BCUT2D eigenvalue weighted by Gasteiger charge is 2.30. The quantitative estimate of drug-likeness (QED) is 0.177. The van der Waals surface area contributed by atoms with Crippen molar-refractivity contribution < 1.29 is 8.42 Å². The molecular formula is C24H10Br4O2S3. The number of fused-ring (bicyclic) bond motifs is 6. The molecule has 0 atom stereocenters. The summed E-state index contributed by atoms with van der Waals surface area (Å²) in [4.78, 5) is 0.596. The van der Waals surface area contributed by atoms with Gasteiger partial charge in [-0.25, -0.2) is 8.42 Å². The van der Waals surface area contributed by atoms with Crippen molar-refractivity contribution in [1.82, 2.24) is 0 Å². The maximum atomic E-state index is 14.5. The molecule has 2 heterocycles. The lowest BCUT2D eigenvalue weighted by Crippen LogP contribution is -2.05. The minimum absolute atomic E-state index is 0.298. The second-order valence-corrected chi connectivity index (χ2v) is 15.0. The van der Waals surface area contributed by atoms with E-state index in [4.69, 9.17) is 0 Å². The average Bonchev–Trinajstić information content (AvgIpc) is 3.31. The van der Waals surface area contributed by atoms with Crippen LogP contribution in [0.15, 0.2) is 88.3 Å². The van der Waals surface area contributed by atoms with Crippen molar-refractivity contribution in [2.45, 2.75) is 9.79 Å². The number of halogens is 4. The second kappa shape index (κ2) is 8.11. The van der Waals surface area contributed by atoms with Gasteiger partial charge in [0, 0.05) is 58.2 Å². The van der Waals surface area contributed by atoms with E-state index in [9.17, 15) is 8.42 Å². The van der Waals surface area contributed by atoms with E-state index in [-0.39, 0.29) is 0 Å². The molecule has 0 fully saturated rings. The fourth-order valence-electron chi connectivity index (χ4n) is 4.20. The van der Waals surface area contributed by atoms with Gasteiger partial charge in [-0.15, -0.1) is 22.7 Å². The van der Waals surface area contributed by atoms with Crippen LogP contribution in [0, 0.1) is 0 Å². The summed E-state index contributed by atoms with van der Waals surface area (Å²) in [5.41, 5.74) is 0. The summed E-state index contributed by atoms with van der Waals surface area (Å²) in [6, 6.07) is 19.6.